The molecule has 1 aromatic rings. The van der Waals surface area contributed by atoms with Crippen LogP contribution in [-0.2, 0) is 0 Å². The minimum absolute atomic E-state index is 0.286. The normalized spacial score (nSPS) is 11.5. The highest BCUT2D eigenvalue weighted by atomic mass is 19.1. The predicted octanol–water partition coefficient (Wildman–Crippen LogP) is 1.33. The van der Waals surface area contributed by atoms with Crippen LogP contribution in [0.2, 0.25) is 0 Å². The molecule has 0 aliphatic rings. The highest BCUT2D eigenvalue weighted by Gasteiger charge is 1.97. The third kappa shape index (κ3) is 2.76. The number of rotatable bonds is 2. The van der Waals surface area contributed by atoms with Crippen LogP contribution in [0.1, 0.15) is 6.92 Å². The number of allylic oxidation sites excluding steroid dienone is 1. The number of nitrogens with zero attached hydrogens (tertiary/aromatic N) is 1. The Bertz CT molecular complexity index is 301. The number of hydrogen-bond acceptors (Lipinski definition) is 3. The van der Waals surface area contributed by atoms with Gasteiger partial charge in [-0.15, -0.1) is 0 Å². The summed E-state index contributed by atoms with van der Waals surface area (Å²) in [6, 6.07) is 5.84. The summed E-state index contributed by atoms with van der Waals surface area (Å²) >= 11 is 0. The van der Waals surface area contributed by atoms with Crippen molar-refractivity contribution < 1.29 is 4.39 Å². The molecule has 4 heteroatoms. The summed E-state index contributed by atoms with van der Waals surface area (Å²) < 4.78 is 12.5. The predicted molar refractivity (Wildman–Crippen MR) is 51.0 cm³/mol. The fourth-order valence-electron chi connectivity index (χ4n) is 0.907. The van der Waals surface area contributed by atoms with Crippen LogP contribution in [0.4, 0.5) is 10.1 Å². The maximum absolute atomic E-state index is 12.5. The molecule has 0 amide bonds. The number of halogens is 1. The molecule has 0 heterocycles. The first kappa shape index (κ1) is 9.54. The van der Waals surface area contributed by atoms with Crippen LogP contribution >= 0.6 is 0 Å². The lowest BCUT2D eigenvalue weighted by Crippen LogP contribution is -2.25. The van der Waals surface area contributed by atoms with Gasteiger partial charge in [-0.25, -0.2) is 10.2 Å². The second kappa shape index (κ2) is 3.91. The summed E-state index contributed by atoms with van der Waals surface area (Å²) in [5.41, 5.74) is 6.70. The minimum atomic E-state index is -0.286. The van der Waals surface area contributed by atoms with Gasteiger partial charge in [0.15, 0.2) is 0 Å². The molecule has 13 heavy (non-hydrogen) atoms. The van der Waals surface area contributed by atoms with Crippen LogP contribution in [0.15, 0.2) is 36.2 Å². The Morgan fingerprint density at radius 2 is 1.92 bits per heavy atom. The summed E-state index contributed by atoms with van der Waals surface area (Å²) in [7, 11) is 0. The van der Waals surface area contributed by atoms with Crippen LogP contribution in [0.25, 0.3) is 0 Å². The molecular weight excluding hydrogens is 169 g/mol. The van der Waals surface area contributed by atoms with Gasteiger partial charge in [-0.2, -0.15) is 0 Å². The van der Waals surface area contributed by atoms with Gasteiger partial charge in [-0.05, 0) is 31.2 Å². The molecule has 0 saturated heterocycles. The Morgan fingerprint density at radius 3 is 2.38 bits per heavy atom. The Balaban J connectivity index is 2.83. The van der Waals surface area contributed by atoms with Gasteiger partial charge in [0, 0.05) is 11.9 Å². The third-order valence-electron chi connectivity index (χ3n) is 1.47. The van der Waals surface area contributed by atoms with Crippen molar-refractivity contribution in [1.29, 1.82) is 0 Å². The summed E-state index contributed by atoms with van der Waals surface area (Å²) in [5, 5.41) is 1.34. The number of anilines is 1. The van der Waals surface area contributed by atoms with Crippen molar-refractivity contribution in [3.8, 4) is 0 Å². The average Bonchev–Trinajstić information content (AvgIpc) is 2.04. The third-order valence-corrected chi connectivity index (χ3v) is 1.47. The first-order valence-corrected chi connectivity index (χ1v) is 3.83. The lowest BCUT2D eigenvalue weighted by Gasteiger charge is -2.13. The lowest BCUT2D eigenvalue weighted by atomic mass is 10.3. The maximum atomic E-state index is 12.5. The van der Waals surface area contributed by atoms with E-state index in [1.165, 1.54) is 17.1 Å². The average molecular weight is 181 g/mol. The largest absolute Gasteiger partial charge is 0.401 e. The topological polar surface area (TPSA) is 55.3 Å². The van der Waals surface area contributed by atoms with Crippen molar-refractivity contribution in [3.63, 3.8) is 0 Å². The molecule has 0 aliphatic heterocycles. The van der Waals surface area contributed by atoms with E-state index >= 15 is 0 Å². The van der Waals surface area contributed by atoms with Crippen molar-refractivity contribution in [2.75, 3.05) is 5.01 Å². The summed E-state index contributed by atoms with van der Waals surface area (Å²) in [4.78, 5) is 0. The summed E-state index contributed by atoms with van der Waals surface area (Å²) in [5.74, 6) is 5.31. The molecular formula is C9H12FN3. The number of benzene rings is 1. The van der Waals surface area contributed by atoms with Crippen molar-refractivity contribution in [2.45, 2.75) is 6.92 Å². The second-order valence-electron chi connectivity index (χ2n) is 2.76. The number of nitrogens with two attached hydrogens (primary N) is 2. The molecule has 70 valence electrons. The molecule has 0 aromatic heterocycles. The molecule has 0 fully saturated rings. The summed E-state index contributed by atoms with van der Waals surface area (Å²) in [6.07, 6.45) is 1.56. The molecule has 0 aliphatic carbocycles. The zero-order valence-corrected chi connectivity index (χ0v) is 7.37. The smallest absolute Gasteiger partial charge is 0.123 e. The lowest BCUT2D eigenvalue weighted by molar-refractivity contribution is 0.628. The fourth-order valence-corrected chi connectivity index (χ4v) is 0.907. The molecule has 3 nitrogen and oxygen atoms in total. The van der Waals surface area contributed by atoms with E-state index in [9.17, 15) is 4.39 Å². The van der Waals surface area contributed by atoms with Crippen LogP contribution in [0.5, 0.6) is 0 Å². The first-order valence-electron chi connectivity index (χ1n) is 3.83. The van der Waals surface area contributed by atoms with E-state index in [2.05, 4.69) is 0 Å². The highest BCUT2D eigenvalue weighted by molar-refractivity contribution is 5.47. The van der Waals surface area contributed by atoms with Gasteiger partial charge >= 0.3 is 0 Å². The molecule has 0 spiro atoms. The van der Waals surface area contributed by atoms with E-state index in [0.717, 1.165) is 0 Å². The van der Waals surface area contributed by atoms with Crippen molar-refractivity contribution in [1.82, 2.24) is 0 Å². The Morgan fingerprint density at radius 1 is 1.38 bits per heavy atom. The molecule has 0 radical (unpaired) electrons. The molecule has 4 N–H and O–H groups in total. The van der Waals surface area contributed by atoms with Crippen LogP contribution in [0, 0.1) is 5.82 Å². The SMILES string of the molecule is C/C(N)=C/N(N)c1ccc(F)cc1. The van der Waals surface area contributed by atoms with Crippen molar-refractivity contribution in [3.05, 3.63) is 42.0 Å². The number of hydrogen-bond donors (Lipinski definition) is 2. The van der Waals surface area contributed by atoms with Crippen LogP contribution in [-0.4, -0.2) is 0 Å². The van der Waals surface area contributed by atoms with Crippen molar-refractivity contribution >= 4 is 5.69 Å². The van der Waals surface area contributed by atoms with E-state index < -0.39 is 0 Å². The molecule has 0 unspecified atom stereocenters. The van der Waals surface area contributed by atoms with Gasteiger partial charge in [0.05, 0.1) is 5.69 Å². The quantitative estimate of drug-likeness (QED) is 0.534. The number of hydrazine groups is 1. The molecule has 0 bridgehead atoms. The molecule has 0 atom stereocenters. The monoisotopic (exact) mass is 181 g/mol. The zero-order valence-electron chi connectivity index (χ0n) is 7.37. The van der Waals surface area contributed by atoms with Gasteiger partial charge < -0.3 is 5.73 Å². The van der Waals surface area contributed by atoms with E-state index in [-0.39, 0.29) is 5.82 Å². The van der Waals surface area contributed by atoms with E-state index in [1.807, 2.05) is 0 Å². The molecule has 1 rings (SSSR count). The van der Waals surface area contributed by atoms with Gasteiger partial charge in [-0.3, -0.25) is 5.01 Å². The van der Waals surface area contributed by atoms with E-state index in [1.54, 1.807) is 25.3 Å². The van der Waals surface area contributed by atoms with Crippen molar-refractivity contribution in [2.24, 2.45) is 11.6 Å². The highest BCUT2D eigenvalue weighted by Crippen LogP contribution is 2.11. The van der Waals surface area contributed by atoms with Crippen LogP contribution in [0.3, 0.4) is 0 Å². The van der Waals surface area contributed by atoms with Gasteiger partial charge in [-0.1, -0.05) is 0 Å². The fraction of sp³-hybridized carbons (Fsp3) is 0.111. The standard InChI is InChI=1S/C9H12FN3/c1-7(11)6-13(12)9-4-2-8(10)3-5-9/h2-6H,11-12H2,1H3/b7-6-. The molecule has 0 saturated carbocycles. The Labute approximate surface area is 76.4 Å². The Kier molecular flexibility index (Phi) is 2.87. The van der Waals surface area contributed by atoms with Gasteiger partial charge in [0.25, 0.3) is 0 Å². The van der Waals surface area contributed by atoms with Gasteiger partial charge in [0.1, 0.15) is 5.82 Å². The maximum Gasteiger partial charge on any atom is 0.123 e. The molecule has 1 aromatic carbocycles. The Hall–Kier alpha value is -1.55. The van der Waals surface area contributed by atoms with Crippen LogP contribution < -0.4 is 16.6 Å². The second-order valence-corrected chi connectivity index (χ2v) is 2.76. The zero-order chi connectivity index (χ0) is 9.84. The first-order chi connectivity index (χ1) is 6.09. The van der Waals surface area contributed by atoms with E-state index in [0.29, 0.717) is 11.4 Å². The van der Waals surface area contributed by atoms with Gasteiger partial charge in [0.2, 0.25) is 0 Å². The minimum Gasteiger partial charge on any atom is -0.401 e. The summed E-state index contributed by atoms with van der Waals surface area (Å²) in [6.45, 7) is 1.73. The van der Waals surface area contributed by atoms with E-state index in [4.69, 9.17) is 11.6 Å².